The van der Waals surface area contributed by atoms with Gasteiger partial charge in [-0.05, 0) is 42.5 Å². The van der Waals surface area contributed by atoms with Crippen LogP contribution in [0, 0.1) is 0 Å². The summed E-state index contributed by atoms with van der Waals surface area (Å²) in [5, 5.41) is 13.9. The molecule has 0 spiro atoms. The molecule has 13 heteroatoms. The van der Waals surface area contributed by atoms with E-state index in [4.69, 9.17) is 9.84 Å². The van der Waals surface area contributed by atoms with Crippen LogP contribution in [-0.2, 0) is 13.6 Å². The molecule has 5 rings (SSSR count). The van der Waals surface area contributed by atoms with Gasteiger partial charge in [0, 0.05) is 37.1 Å². The Labute approximate surface area is 213 Å². The Morgan fingerprint density at radius 2 is 2.08 bits per heavy atom. The predicted molar refractivity (Wildman–Crippen MR) is 132 cm³/mol. The number of carboxylic acid groups (broad SMARTS) is 1. The summed E-state index contributed by atoms with van der Waals surface area (Å²) < 4.78 is 48.8. The third-order valence-corrected chi connectivity index (χ3v) is 7.46. The van der Waals surface area contributed by atoms with Crippen LogP contribution in [0.2, 0.25) is 0 Å². The molecule has 1 saturated heterocycles. The summed E-state index contributed by atoms with van der Waals surface area (Å²) in [5.74, 6) is 0.370. The zero-order valence-corrected chi connectivity index (χ0v) is 20.8. The van der Waals surface area contributed by atoms with Crippen molar-refractivity contribution in [1.29, 1.82) is 0 Å². The third kappa shape index (κ3) is 4.70. The maximum Gasteiger partial charge on any atom is 0.406 e. The van der Waals surface area contributed by atoms with Gasteiger partial charge in [0.15, 0.2) is 5.82 Å². The molecule has 1 unspecified atom stereocenters. The van der Waals surface area contributed by atoms with Crippen molar-refractivity contribution in [2.45, 2.75) is 31.6 Å². The van der Waals surface area contributed by atoms with Crippen LogP contribution in [0.5, 0.6) is 5.75 Å². The number of imidazole rings is 1. The number of nitrogens with one attached hydrogen (secondary N) is 1. The zero-order valence-electron chi connectivity index (χ0n) is 20.0. The summed E-state index contributed by atoms with van der Waals surface area (Å²) in [5.41, 5.74) is 1.56. The Morgan fingerprint density at radius 1 is 1.30 bits per heavy atom. The summed E-state index contributed by atoms with van der Waals surface area (Å²) in [7, 11) is 3.15. The molecule has 0 bridgehead atoms. The summed E-state index contributed by atoms with van der Waals surface area (Å²) in [6, 6.07) is 6.26. The molecule has 1 aromatic carbocycles. The van der Waals surface area contributed by atoms with E-state index in [0.717, 1.165) is 0 Å². The van der Waals surface area contributed by atoms with Crippen LogP contribution in [0.3, 0.4) is 0 Å². The molecule has 1 aliphatic rings. The monoisotopic (exact) mass is 535 g/mol. The van der Waals surface area contributed by atoms with E-state index in [1.54, 1.807) is 46.2 Å². The van der Waals surface area contributed by atoms with E-state index < -0.39 is 18.8 Å². The molecule has 4 aromatic rings. The minimum Gasteiger partial charge on any atom is -0.494 e. The Balaban J connectivity index is 1.56. The van der Waals surface area contributed by atoms with Crippen molar-refractivity contribution in [1.82, 2.24) is 24.3 Å². The molecule has 0 aliphatic carbocycles. The van der Waals surface area contributed by atoms with Crippen LogP contribution in [0.25, 0.3) is 32.8 Å². The van der Waals surface area contributed by atoms with Gasteiger partial charge >= 0.3 is 12.3 Å². The normalized spacial score (nSPS) is 16.5. The molecule has 2 amide bonds. The van der Waals surface area contributed by atoms with Crippen molar-refractivity contribution in [2.75, 3.05) is 20.2 Å². The summed E-state index contributed by atoms with van der Waals surface area (Å²) in [4.78, 5) is 31.1. The highest BCUT2D eigenvalue weighted by molar-refractivity contribution is 7.16. The fourth-order valence-corrected chi connectivity index (χ4v) is 5.85. The predicted octanol–water partition coefficient (Wildman–Crippen LogP) is 4.70. The number of rotatable bonds is 5. The van der Waals surface area contributed by atoms with Crippen LogP contribution in [0.4, 0.5) is 18.0 Å². The van der Waals surface area contributed by atoms with Gasteiger partial charge in [0.25, 0.3) is 5.91 Å². The first-order chi connectivity index (χ1) is 17.6. The minimum absolute atomic E-state index is 0.237. The SMILES string of the molecule is COc1cc(C(=O)N2CCCC(NC(=O)O)C2)cc2nc(-c3cc4ccsc4n3CC(F)(F)F)n(C)c12. The van der Waals surface area contributed by atoms with E-state index >= 15 is 0 Å². The molecule has 0 saturated carbocycles. The maximum atomic E-state index is 13.4. The second-order valence-electron chi connectivity index (χ2n) is 8.99. The molecule has 4 heterocycles. The maximum absolute atomic E-state index is 13.4. The van der Waals surface area contributed by atoms with Crippen molar-refractivity contribution in [3.8, 4) is 17.3 Å². The Kier molecular flexibility index (Phi) is 6.26. The number of carbonyl (C=O) groups is 2. The molecule has 1 fully saturated rings. The molecular weight excluding hydrogens is 511 g/mol. The molecular formula is C24H24F3N5O4S. The summed E-state index contributed by atoms with van der Waals surface area (Å²) >= 11 is 1.23. The molecule has 2 N–H and O–H groups in total. The largest absolute Gasteiger partial charge is 0.494 e. The number of likely N-dealkylation sites (tertiary alicyclic amines) is 1. The van der Waals surface area contributed by atoms with Crippen molar-refractivity contribution in [2.24, 2.45) is 7.05 Å². The number of amides is 2. The number of aryl methyl sites for hydroxylation is 1. The van der Waals surface area contributed by atoms with Crippen molar-refractivity contribution in [3.63, 3.8) is 0 Å². The van der Waals surface area contributed by atoms with Crippen molar-refractivity contribution in [3.05, 3.63) is 35.2 Å². The Hall–Kier alpha value is -3.74. The van der Waals surface area contributed by atoms with E-state index in [1.165, 1.54) is 23.0 Å². The highest BCUT2D eigenvalue weighted by atomic mass is 32.1. The zero-order chi connectivity index (χ0) is 26.5. The van der Waals surface area contributed by atoms with E-state index in [9.17, 15) is 22.8 Å². The number of ether oxygens (including phenoxy) is 1. The third-order valence-electron chi connectivity index (χ3n) is 6.51. The van der Waals surface area contributed by atoms with Gasteiger partial charge in [-0.25, -0.2) is 9.78 Å². The van der Waals surface area contributed by atoms with Crippen LogP contribution in [0.15, 0.2) is 29.6 Å². The second-order valence-corrected chi connectivity index (χ2v) is 9.89. The van der Waals surface area contributed by atoms with E-state index in [2.05, 4.69) is 10.3 Å². The van der Waals surface area contributed by atoms with Gasteiger partial charge in [-0.15, -0.1) is 11.3 Å². The molecule has 196 valence electrons. The lowest BCUT2D eigenvalue weighted by atomic mass is 10.0. The van der Waals surface area contributed by atoms with E-state index in [-0.39, 0.29) is 18.5 Å². The number of alkyl halides is 3. The average Bonchev–Trinajstić information content (AvgIpc) is 3.51. The number of methoxy groups -OCH3 is 1. The van der Waals surface area contributed by atoms with Crippen LogP contribution in [0.1, 0.15) is 23.2 Å². The first-order valence-corrected chi connectivity index (χ1v) is 12.4. The topological polar surface area (TPSA) is 102 Å². The van der Waals surface area contributed by atoms with E-state index in [1.807, 2.05) is 0 Å². The van der Waals surface area contributed by atoms with Gasteiger partial charge in [-0.1, -0.05) is 0 Å². The van der Waals surface area contributed by atoms with Gasteiger partial charge in [0.05, 0.1) is 18.3 Å². The summed E-state index contributed by atoms with van der Waals surface area (Å²) in [6.45, 7) is -0.441. The van der Waals surface area contributed by atoms with Gasteiger partial charge in [0.1, 0.15) is 22.6 Å². The van der Waals surface area contributed by atoms with Gasteiger partial charge in [0.2, 0.25) is 0 Å². The number of piperidine rings is 1. The van der Waals surface area contributed by atoms with Gasteiger partial charge in [-0.2, -0.15) is 13.2 Å². The summed E-state index contributed by atoms with van der Waals surface area (Å²) in [6.07, 6.45) is -4.28. The quantitative estimate of drug-likeness (QED) is 0.386. The fourth-order valence-electron chi connectivity index (χ4n) is 4.95. The fraction of sp³-hybridized carbons (Fsp3) is 0.375. The number of aromatic nitrogens is 3. The van der Waals surface area contributed by atoms with Crippen LogP contribution in [-0.4, -0.2) is 68.5 Å². The highest BCUT2D eigenvalue weighted by Crippen LogP contribution is 2.37. The molecule has 0 radical (unpaired) electrons. The van der Waals surface area contributed by atoms with Crippen molar-refractivity contribution >= 4 is 44.6 Å². The minimum atomic E-state index is -4.42. The standard InChI is InChI=1S/C24H24F3N5O4S/c1-30-19-16(29-20(30)17-9-13-5-7-37-22(13)32(17)12-24(25,26)27)8-14(10-18(19)36-2)21(33)31-6-3-4-15(11-31)28-23(34)35/h5,7-10,15,28H,3-4,6,11-12H2,1-2H3,(H,34,35). The van der Waals surface area contributed by atoms with Gasteiger partial charge < -0.3 is 29.2 Å². The molecule has 37 heavy (non-hydrogen) atoms. The number of hydrogen-bond acceptors (Lipinski definition) is 5. The van der Waals surface area contributed by atoms with Gasteiger partial charge in [-0.3, -0.25) is 4.79 Å². The molecule has 3 aromatic heterocycles. The molecule has 1 aliphatic heterocycles. The lowest BCUT2D eigenvalue weighted by Crippen LogP contribution is -2.49. The average molecular weight is 536 g/mol. The number of benzene rings is 1. The van der Waals surface area contributed by atoms with Crippen molar-refractivity contribution < 1.29 is 32.6 Å². The van der Waals surface area contributed by atoms with E-state index in [0.29, 0.717) is 63.5 Å². The number of halogens is 3. The Bertz CT molecular complexity index is 1510. The number of fused-ring (bicyclic) bond motifs is 2. The number of nitrogens with zero attached hydrogens (tertiary/aromatic N) is 4. The lowest BCUT2D eigenvalue weighted by Gasteiger charge is -2.32. The lowest BCUT2D eigenvalue weighted by molar-refractivity contribution is -0.139. The number of thiophene rings is 1. The Morgan fingerprint density at radius 3 is 2.78 bits per heavy atom. The smallest absolute Gasteiger partial charge is 0.406 e. The highest BCUT2D eigenvalue weighted by Gasteiger charge is 2.32. The molecule has 9 nitrogen and oxygen atoms in total. The molecule has 1 atom stereocenters. The number of carbonyl (C=O) groups excluding carboxylic acids is 1. The van der Waals surface area contributed by atoms with Crippen LogP contribution < -0.4 is 10.1 Å². The first kappa shape index (κ1) is 24.9. The first-order valence-electron chi connectivity index (χ1n) is 11.5. The number of hydrogen-bond donors (Lipinski definition) is 2. The second kappa shape index (κ2) is 9.29. The van der Waals surface area contributed by atoms with Crippen LogP contribution >= 0.6 is 11.3 Å².